The van der Waals surface area contributed by atoms with E-state index in [0.29, 0.717) is 13.2 Å². The highest BCUT2D eigenvalue weighted by Gasteiger charge is 2.27. The van der Waals surface area contributed by atoms with E-state index < -0.39 is 10.0 Å². The van der Waals surface area contributed by atoms with Gasteiger partial charge in [-0.2, -0.15) is 0 Å². The molecule has 100 valence electrons. The number of nitrogens with two attached hydrogens (primary N) is 1. The number of nitrogen functional groups attached to an aromatic ring is 1. The molecule has 0 saturated carbocycles. The molecule has 0 aromatic carbocycles. The summed E-state index contributed by atoms with van der Waals surface area (Å²) in [6.45, 7) is 3.10. The quantitative estimate of drug-likeness (QED) is 0.783. The van der Waals surface area contributed by atoms with E-state index in [1.165, 1.54) is 12.4 Å². The molecule has 3 N–H and O–H groups in total. The molecule has 2 rings (SSSR count). The third-order valence-corrected chi connectivity index (χ3v) is 4.48. The second-order valence-corrected chi connectivity index (χ2v) is 6.02. The van der Waals surface area contributed by atoms with Crippen LogP contribution in [0.5, 0.6) is 0 Å². The Bertz CT molecular complexity index is 496. The summed E-state index contributed by atoms with van der Waals surface area (Å²) in [6, 6.07) is -0.185. The first-order valence-corrected chi connectivity index (χ1v) is 7.15. The fraction of sp³-hybridized carbons (Fsp3) is 0.600. The zero-order chi connectivity index (χ0) is 13.2. The van der Waals surface area contributed by atoms with E-state index in [1.54, 1.807) is 0 Å². The van der Waals surface area contributed by atoms with E-state index in [1.807, 2.05) is 6.92 Å². The van der Waals surface area contributed by atoms with Gasteiger partial charge in [-0.05, 0) is 13.3 Å². The molecule has 1 aromatic heterocycles. The lowest BCUT2D eigenvalue weighted by atomic mass is 10.0. The summed E-state index contributed by atoms with van der Waals surface area (Å²) in [5.74, 6) is 0.251. The van der Waals surface area contributed by atoms with Gasteiger partial charge in [-0.15, -0.1) is 0 Å². The highest BCUT2D eigenvalue weighted by Crippen LogP contribution is 2.18. The Labute approximate surface area is 106 Å². The summed E-state index contributed by atoms with van der Waals surface area (Å²) in [5.41, 5.74) is 5.32. The fourth-order valence-electron chi connectivity index (χ4n) is 1.82. The lowest BCUT2D eigenvalue weighted by Gasteiger charge is -2.18. The number of nitrogens with zero attached hydrogens (tertiary/aromatic N) is 2. The van der Waals surface area contributed by atoms with Crippen LogP contribution in [-0.2, 0) is 14.8 Å². The lowest BCUT2D eigenvalue weighted by Crippen LogP contribution is -2.38. The van der Waals surface area contributed by atoms with Gasteiger partial charge >= 0.3 is 0 Å². The number of ether oxygens (including phenoxy) is 1. The summed E-state index contributed by atoms with van der Waals surface area (Å²) in [7, 11) is -3.60. The molecule has 1 aliphatic heterocycles. The van der Waals surface area contributed by atoms with Crippen LogP contribution in [0.4, 0.5) is 5.95 Å². The summed E-state index contributed by atoms with van der Waals surface area (Å²) in [5, 5.41) is 0. The van der Waals surface area contributed by atoms with Gasteiger partial charge in [0.25, 0.3) is 0 Å². The van der Waals surface area contributed by atoms with E-state index in [0.717, 1.165) is 6.42 Å². The van der Waals surface area contributed by atoms with Gasteiger partial charge in [0.15, 0.2) is 0 Å². The van der Waals surface area contributed by atoms with Gasteiger partial charge < -0.3 is 10.5 Å². The van der Waals surface area contributed by atoms with Crippen LogP contribution >= 0.6 is 0 Å². The van der Waals surface area contributed by atoms with Crippen LogP contribution in [-0.4, -0.2) is 37.6 Å². The zero-order valence-corrected chi connectivity index (χ0v) is 10.9. The summed E-state index contributed by atoms with van der Waals surface area (Å²) < 4.78 is 31.9. The van der Waals surface area contributed by atoms with Gasteiger partial charge in [0.1, 0.15) is 4.90 Å². The topological polar surface area (TPSA) is 107 Å². The molecule has 8 heteroatoms. The van der Waals surface area contributed by atoms with E-state index >= 15 is 0 Å². The predicted molar refractivity (Wildman–Crippen MR) is 65.2 cm³/mol. The Hall–Kier alpha value is -1.25. The van der Waals surface area contributed by atoms with E-state index in [-0.39, 0.29) is 22.8 Å². The molecular weight excluding hydrogens is 256 g/mol. The van der Waals surface area contributed by atoms with Crippen LogP contribution in [0, 0.1) is 5.92 Å². The largest absolute Gasteiger partial charge is 0.381 e. The van der Waals surface area contributed by atoms with Gasteiger partial charge in [-0.1, -0.05) is 0 Å². The molecule has 0 bridgehead atoms. The van der Waals surface area contributed by atoms with Crippen molar-refractivity contribution in [1.82, 2.24) is 14.7 Å². The molecule has 18 heavy (non-hydrogen) atoms. The minimum Gasteiger partial charge on any atom is -0.381 e. The lowest BCUT2D eigenvalue weighted by molar-refractivity contribution is 0.180. The molecule has 2 heterocycles. The van der Waals surface area contributed by atoms with Crippen LogP contribution < -0.4 is 10.5 Å². The molecule has 0 radical (unpaired) electrons. The second kappa shape index (κ2) is 5.17. The molecule has 0 aliphatic carbocycles. The molecule has 1 fully saturated rings. The van der Waals surface area contributed by atoms with Crippen molar-refractivity contribution in [3.63, 3.8) is 0 Å². The number of hydrogen-bond acceptors (Lipinski definition) is 6. The van der Waals surface area contributed by atoms with E-state index in [4.69, 9.17) is 10.5 Å². The standard InChI is InChI=1S/C10H16N4O3S/c1-7(8-2-3-17-6-8)14-18(15,16)9-4-12-10(11)13-5-9/h4-5,7-8,14H,2-3,6H2,1H3,(H2,11,12,13). The van der Waals surface area contributed by atoms with Crippen LogP contribution in [0.15, 0.2) is 17.3 Å². The average Bonchev–Trinajstić information content (AvgIpc) is 2.82. The van der Waals surface area contributed by atoms with Crippen molar-refractivity contribution in [2.75, 3.05) is 18.9 Å². The molecule has 2 atom stereocenters. The van der Waals surface area contributed by atoms with Crippen molar-refractivity contribution in [1.29, 1.82) is 0 Å². The van der Waals surface area contributed by atoms with Crippen LogP contribution in [0.1, 0.15) is 13.3 Å². The molecule has 1 aliphatic rings. The second-order valence-electron chi connectivity index (χ2n) is 4.31. The molecular formula is C10H16N4O3S. The summed E-state index contributed by atoms with van der Waals surface area (Å²) in [4.78, 5) is 7.36. The van der Waals surface area contributed by atoms with Crippen LogP contribution in [0.2, 0.25) is 0 Å². The van der Waals surface area contributed by atoms with Gasteiger partial charge in [0, 0.05) is 18.6 Å². The van der Waals surface area contributed by atoms with Crippen LogP contribution in [0.25, 0.3) is 0 Å². The average molecular weight is 272 g/mol. The third-order valence-electron chi connectivity index (χ3n) is 2.97. The Morgan fingerprint density at radius 3 is 2.72 bits per heavy atom. The normalized spacial score (nSPS) is 21.9. The minimum absolute atomic E-state index is 0.0162. The van der Waals surface area contributed by atoms with Crippen molar-refractivity contribution in [2.45, 2.75) is 24.3 Å². The van der Waals surface area contributed by atoms with Crippen molar-refractivity contribution in [3.05, 3.63) is 12.4 Å². The number of hydrogen-bond donors (Lipinski definition) is 2. The van der Waals surface area contributed by atoms with Gasteiger partial charge in [0.05, 0.1) is 19.0 Å². The maximum absolute atomic E-state index is 12.0. The van der Waals surface area contributed by atoms with Gasteiger partial charge in [0.2, 0.25) is 16.0 Å². The molecule has 0 spiro atoms. The smallest absolute Gasteiger partial charge is 0.243 e. The fourth-order valence-corrected chi connectivity index (χ4v) is 3.02. The molecule has 2 unspecified atom stereocenters. The number of sulfonamides is 1. The summed E-state index contributed by atoms with van der Waals surface area (Å²) >= 11 is 0. The number of anilines is 1. The van der Waals surface area contributed by atoms with Crippen molar-refractivity contribution in [2.24, 2.45) is 5.92 Å². The SMILES string of the molecule is CC(NS(=O)(=O)c1cnc(N)nc1)C1CCOC1. The molecule has 1 saturated heterocycles. The third kappa shape index (κ3) is 2.95. The molecule has 1 aromatic rings. The van der Waals surface area contributed by atoms with Crippen molar-refractivity contribution >= 4 is 16.0 Å². The first-order chi connectivity index (χ1) is 8.49. The minimum atomic E-state index is -3.60. The van der Waals surface area contributed by atoms with E-state index in [9.17, 15) is 8.42 Å². The first kappa shape index (κ1) is 13.2. The Morgan fingerprint density at radius 1 is 1.50 bits per heavy atom. The Balaban J connectivity index is 2.09. The molecule has 7 nitrogen and oxygen atoms in total. The van der Waals surface area contributed by atoms with Crippen molar-refractivity contribution in [3.8, 4) is 0 Å². The highest BCUT2D eigenvalue weighted by molar-refractivity contribution is 7.89. The monoisotopic (exact) mass is 272 g/mol. The zero-order valence-electron chi connectivity index (χ0n) is 10.0. The number of rotatable bonds is 4. The maximum atomic E-state index is 12.0. The first-order valence-electron chi connectivity index (χ1n) is 5.66. The molecule has 0 amide bonds. The van der Waals surface area contributed by atoms with E-state index in [2.05, 4.69) is 14.7 Å². The van der Waals surface area contributed by atoms with Crippen LogP contribution in [0.3, 0.4) is 0 Å². The number of nitrogens with one attached hydrogen (secondary N) is 1. The van der Waals surface area contributed by atoms with Gasteiger partial charge in [-0.25, -0.2) is 23.1 Å². The Kier molecular flexibility index (Phi) is 3.79. The highest BCUT2D eigenvalue weighted by atomic mass is 32.2. The Morgan fingerprint density at radius 2 is 2.17 bits per heavy atom. The summed E-state index contributed by atoms with van der Waals surface area (Å²) in [6.07, 6.45) is 3.26. The maximum Gasteiger partial charge on any atom is 0.243 e. The van der Waals surface area contributed by atoms with Gasteiger partial charge in [-0.3, -0.25) is 0 Å². The van der Waals surface area contributed by atoms with Crippen molar-refractivity contribution < 1.29 is 13.2 Å². The predicted octanol–water partition coefficient (Wildman–Crippen LogP) is -0.238. The number of aromatic nitrogens is 2.